The van der Waals surface area contributed by atoms with Gasteiger partial charge in [0.15, 0.2) is 5.82 Å². The summed E-state index contributed by atoms with van der Waals surface area (Å²) in [5, 5.41) is 0.318. The van der Waals surface area contributed by atoms with Gasteiger partial charge in [-0.05, 0) is 19.1 Å². The Balaban J connectivity index is 2.35. The minimum atomic E-state index is -0.311. The molecule has 1 aromatic heterocycles. The molecule has 0 aliphatic heterocycles. The highest BCUT2D eigenvalue weighted by Crippen LogP contribution is 2.20. The molecule has 0 saturated carbocycles. The second-order valence-corrected chi connectivity index (χ2v) is 4.03. The smallest absolute Gasteiger partial charge is 0.156 e. The van der Waals surface area contributed by atoms with Gasteiger partial charge in [0.25, 0.3) is 0 Å². The van der Waals surface area contributed by atoms with E-state index < -0.39 is 0 Å². The Hall–Kier alpha value is -1.52. The lowest BCUT2D eigenvalue weighted by atomic mass is 10.1. The maximum Gasteiger partial charge on any atom is 0.156 e. The van der Waals surface area contributed by atoms with Gasteiger partial charge in [0.1, 0.15) is 17.6 Å². The summed E-state index contributed by atoms with van der Waals surface area (Å²) in [5.41, 5.74) is 1.25. The van der Waals surface area contributed by atoms with E-state index in [1.165, 1.54) is 12.1 Å². The normalized spacial score (nSPS) is 10.6. The molecule has 2 rings (SSSR count). The fourth-order valence-electron chi connectivity index (χ4n) is 1.52. The van der Waals surface area contributed by atoms with E-state index in [0.717, 1.165) is 0 Å². The first-order valence-corrected chi connectivity index (χ1v) is 5.94. The van der Waals surface area contributed by atoms with Crippen LogP contribution in [0.3, 0.4) is 0 Å². The van der Waals surface area contributed by atoms with E-state index in [1.54, 1.807) is 18.2 Å². The first kappa shape index (κ1) is 12.9. The number of hydrogen-bond acceptors (Lipinski definition) is 3. The predicted molar refractivity (Wildman–Crippen MR) is 67.8 cm³/mol. The Morgan fingerprint density at radius 1 is 1.28 bits per heavy atom. The zero-order chi connectivity index (χ0) is 13.0. The molecule has 0 unspecified atom stereocenters. The fourth-order valence-corrected chi connectivity index (χ4v) is 1.72. The number of ether oxygens (including phenoxy) is 1. The van der Waals surface area contributed by atoms with Gasteiger partial charge in [0.2, 0.25) is 0 Å². The number of hydrogen-bond donors (Lipinski definition) is 0. The molecule has 0 aliphatic carbocycles. The number of nitrogens with zero attached hydrogens (tertiary/aromatic N) is 2. The van der Waals surface area contributed by atoms with E-state index in [9.17, 15) is 4.39 Å². The van der Waals surface area contributed by atoms with Crippen molar-refractivity contribution in [1.82, 2.24) is 9.97 Å². The maximum atomic E-state index is 13.2. The summed E-state index contributed by atoms with van der Waals surface area (Å²) in [5.74, 6) is 0.178. The Morgan fingerprint density at radius 3 is 2.83 bits per heavy atom. The average molecular weight is 267 g/mol. The first-order valence-electron chi connectivity index (χ1n) is 5.56. The van der Waals surface area contributed by atoms with E-state index in [1.807, 2.05) is 6.92 Å². The van der Waals surface area contributed by atoms with Crippen molar-refractivity contribution in [2.24, 2.45) is 0 Å². The van der Waals surface area contributed by atoms with Crippen molar-refractivity contribution in [3.8, 4) is 11.3 Å². The third-order valence-corrected chi connectivity index (χ3v) is 2.49. The van der Waals surface area contributed by atoms with Gasteiger partial charge < -0.3 is 4.74 Å². The van der Waals surface area contributed by atoms with Crippen molar-refractivity contribution in [2.45, 2.75) is 13.5 Å². The SMILES string of the molecule is CCOCc1nc(Cl)cc(-c2cccc(F)c2)n1. The van der Waals surface area contributed by atoms with Crippen molar-refractivity contribution < 1.29 is 9.13 Å². The molecule has 0 spiro atoms. The van der Waals surface area contributed by atoms with E-state index >= 15 is 0 Å². The lowest BCUT2D eigenvalue weighted by molar-refractivity contribution is 0.128. The topological polar surface area (TPSA) is 35.0 Å². The van der Waals surface area contributed by atoms with Gasteiger partial charge in [-0.3, -0.25) is 0 Å². The Morgan fingerprint density at radius 2 is 2.11 bits per heavy atom. The van der Waals surface area contributed by atoms with E-state index in [0.29, 0.717) is 35.4 Å². The van der Waals surface area contributed by atoms with Crippen LogP contribution >= 0.6 is 11.6 Å². The van der Waals surface area contributed by atoms with Crippen LogP contribution in [0.4, 0.5) is 4.39 Å². The molecule has 1 aromatic carbocycles. The Bertz CT molecular complexity index is 548. The molecule has 0 radical (unpaired) electrons. The average Bonchev–Trinajstić information content (AvgIpc) is 2.36. The lowest BCUT2D eigenvalue weighted by Gasteiger charge is -2.05. The third kappa shape index (κ3) is 3.24. The zero-order valence-corrected chi connectivity index (χ0v) is 10.6. The minimum absolute atomic E-state index is 0.291. The molecule has 5 heteroatoms. The summed E-state index contributed by atoms with van der Waals surface area (Å²) in [7, 11) is 0. The zero-order valence-electron chi connectivity index (χ0n) is 9.86. The van der Waals surface area contributed by atoms with Crippen LogP contribution in [-0.2, 0) is 11.3 Å². The highest BCUT2D eigenvalue weighted by molar-refractivity contribution is 6.29. The van der Waals surface area contributed by atoms with Crippen LogP contribution < -0.4 is 0 Å². The predicted octanol–water partition coefficient (Wildman–Crippen LogP) is 3.47. The van der Waals surface area contributed by atoms with Gasteiger partial charge in [-0.2, -0.15) is 0 Å². The molecule has 0 saturated heterocycles. The Labute approximate surface area is 110 Å². The number of benzene rings is 1. The monoisotopic (exact) mass is 266 g/mol. The molecule has 0 amide bonds. The van der Waals surface area contributed by atoms with E-state index in [-0.39, 0.29) is 5.82 Å². The third-order valence-electron chi connectivity index (χ3n) is 2.30. The van der Waals surface area contributed by atoms with Crippen LogP contribution in [0.15, 0.2) is 30.3 Å². The molecule has 2 aromatic rings. The van der Waals surface area contributed by atoms with Crippen LogP contribution in [0, 0.1) is 5.82 Å². The van der Waals surface area contributed by atoms with Crippen molar-refractivity contribution >= 4 is 11.6 Å². The van der Waals surface area contributed by atoms with Crippen molar-refractivity contribution in [3.05, 3.63) is 47.1 Å². The molecule has 3 nitrogen and oxygen atoms in total. The summed E-state index contributed by atoms with van der Waals surface area (Å²) in [4.78, 5) is 8.35. The van der Waals surface area contributed by atoms with Crippen molar-refractivity contribution in [3.63, 3.8) is 0 Å². The first-order chi connectivity index (χ1) is 8.69. The second-order valence-electron chi connectivity index (χ2n) is 3.64. The fraction of sp³-hybridized carbons (Fsp3) is 0.231. The van der Waals surface area contributed by atoms with Crippen molar-refractivity contribution in [1.29, 1.82) is 0 Å². The number of rotatable bonds is 4. The van der Waals surface area contributed by atoms with Crippen LogP contribution in [-0.4, -0.2) is 16.6 Å². The highest BCUT2D eigenvalue weighted by atomic mass is 35.5. The standard InChI is InChI=1S/C13H12ClFN2O/c1-2-18-8-13-16-11(7-12(14)17-13)9-4-3-5-10(15)6-9/h3-7H,2,8H2,1H3. The Kier molecular flexibility index (Phi) is 4.23. The lowest BCUT2D eigenvalue weighted by Crippen LogP contribution is -2.00. The molecule has 0 N–H and O–H groups in total. The molecular weight excluding hydrogens is 255 g/mol. The second kappa shape index (κ2) is 5.89. The molecule has 0 fully saturated rings. The maximum absolute atomic E-state index is 13.2. The minimum Gasteiger partial charge on any atom is -0.374 e. The summed E-state index contributed by atoms with van der Waals surface area (Å²) in [6.07, 6.45) is 0. The van der Waals surface area contributed by atoms with Gasteiger partial charge in [-0.1, -0.05) is 23.7 Å². The summed E-state index contributed by atoms with van der Waals surface area (Å²) < 4.78 is 18.4. The molecular formula is C13H12ClFN2O. The summed E-state index contributed by atoms with van der Waals surface area (Å²) >= 11 is 5.92. The largest absolute Gasteiger partial charge is 0.374 e. The molecule has 1 heterocycles. The summed E-state index contributed by atoms with van der Waals surface area (Å²) in [6, 6.07) is 7.79. The molecule has 0 atom stereocenters. The number of aromatic nitrogens is 2. The van der Waals surface area contributed by atoms with Gasteiger partial charge in [0, 0.05) is 18.2 Å². The van der Waals surface area contributed by atoms with E-state index in [2.05, 4.69) is 9.97 Å². The van der Waals surface area contributed by atoms with Crippen molar-refractivity contribution in [2.75, 3.05) is 6.61 Å². The van der Waals surface area contributed by atoms with Crippen LogP contribution in [0.1, 0.15) is 12.7 Å². The molecule has 0 bridgehead atoms. The van der Waals surface area contributed by atoms with Gasteiger partial charge in [-0.25, -0.2) is 14.4 Å². The van der Waals surface area contributed by atoms with Gasteiger partial charge in [0.05, 0.1) is 5.69 Å². The number of halogens is 2. The van der Waals surface area contributed by atoms with Crippen LogP contribution in [0.2, 0.25) is 5.15 Å². The molecule has 0 aliphatic rings. The van der Waals surface area contributed by atoms with Gasteiger partial charge >= 0.3 is 0 Å². The molecule has 94 valence electrons. The highest BCUT2D eigenvalue weighted by Gasteiger charge is 2.06. The van der Waals surface area contributed by atoms with Gasteiger partial charge in [-0.15, -0.1) is 0 Å². The van der Waals surface area contributed by atoms with E-state index in [4.69, 9.17) is 16.3 Å². The summed E-state index contributed by atoms with van der Waals surface area (Å²) in [6.45, 7) is 2.75. The van der Waals surface area contributed by atoms with Crippen LogP contribution in [0.5, 0.6) is 0 Å². The quantitative estimate of drug-likeness (QED) is 0.795. The van der Waals surface area contributed by atoms with Crippen LogP contribution in [0.25, 0.3) is 11.3 Å². The molecule has 18 heavy (non-hydrogen) atoms.